The molecular weight excluding hydrogens is 516 g/mol. The Bertz CT molecular complexity index is 1300. The Labute approximate surface area is 232 Å². The van der Waals surface area contributed by atoms with Crippen LogP contribution in [-0.2, 0) is 21.5 Å². The summed E-state index contributed by atoms with van der Waals surface area (Å²) in [4.78, 5) is 49.6. The normalized spacial score (nSPS) is 12.6. The zero-order valence-corrected chi connectivity index (χ0v) is 23.2. The Hall–Kier alpha value is -4.18. The van der Waals surface area contributed by atoms with Crippen LogP contribution in [0, 0.1) is 0 Å². The number of carbonyl (C=O) groups excluding carboxylic acids is 3. The summed E-state index contributed by atoms with van der Waals surface area (Å²) in [6.45, 7) is 7.99. The van der Waals surface area contributed by atoms with Crippen LogP contribution in [0.3, 0.4) is 0 Å². The van der Waals surface area contributed by atoms with Crippen molar-refractivity contribution in [3.63, 3.8) is 0 Å². The van der Waals surface area contributed by atoms with Gasteiger partial charge >= 0.3 is 12.0 Å². The number of hydrogen-bond donors (Lipinski definition) is 5. The molecule has 0 aliphatic heterocycles. The van der Waals surface area contributed by atoms with Gasteiger partial charge in [-0.1, -0.05) is 75.4 Å². The second-order valence-corrected chi connectivity index (χ2v) is 11.2. The molecule has 2 aromatic carbocycles. The summed E-state index contributed by atoms with van der Waals surface area (Å²) in [5.41, 5.74) is 2.56. The minimum absolute atomic E-state index is 0.0622. The summed E-state index contributed by atoms with van der Waals surface area (Å²) < 4.78 is 0. The number of carbonyl (C=O) groups is 4. The molecule has 5 N–H and O–H groups in total. The molecular formula is C29H34N4O5S. The number of hydrogen-bond acceptors (Lipinski definition) is 5. The number of nitrogens with one attached hydrogen (secondary N) is 4. The van der Waals surface area contributed by atoms with Gasteiger partial charge in [0.2, 0.25) is 5.91 Å². The molecule has 39 heavy (non-hydrogen) atoms. The first kappa shape index (κ1) is 29.4. The van der Waals surface area contributed by atoms with E-state index in [1.54, 1.807) is 24.3 Å². The third kappa shape index (κ3) is 8.68. The fraction of sp³-hybridized carbons (Fsp3) is 0.310. The molecule has 0 saturated heterocycles. The number of carboxylic acid groups (broad SMARTS) is 1. The molecule has 0 radical (unpaired) electrons. The molecule has 4 amide bonds. The van der Waals surface area contributed by atoms with Crippen LogP contribution in [-0.4, -0.2) is 41.5 Å². The molecule has 9 nitrogen and oxygen atoms in total. The van der Waals surface area contributed by atoms with Gasteiger partial charge in [0.25, 0.3) is 5.91 Å². The largest absolute Gasteiger partial charge is 0.481 e. The average molecular weight is 551 g/mol. The SMILES string of the molecule is C[C@H](NC(=O)c1ccc(NC(=O)NCc2ccccc2)s1)C(=O)NCC(C(=O)O)c1ccc(C(C)(C)C)cc1. The van der Waals surface area contributed by atoms with Gasteiger partial charge in [-0.3, -0.25) is 19.7 Å². The smallest absolute Gasteiger partial charge is 0.320 e. The lowest BCUT2D eigenvalue weighted by Gasteiger charge is -2.21. The van der Waals surface area contributed by atoms with Crippen molar-refractivity contribution < 1.29 is 24.3 Å². The van der Waals surface area contributed by atoms with Gasteiger partial charge in [0, 0.05) is 13.1 Å². The van der Waals surface area contributed by atoms with Gasteiger partial charge in [-0.25, -0.2) is 4.79 Å². The van der Waals surface area contributed by atoms with Crippen LogP contribution in [0.2, 0.25) is 0 Å². The van der Waals surface area contributed by atoms with E-state index >= 15 is 0 Å². The van der Waals surface area contributed by atoms with E-state index in [4.69, 9.17) is 0 Å². The summed E-state index contributed by atoms with van der Waals surface area (Å²) in [5, 5.41) is 20.9. The fourth-order valence-corrected chi connectivity index (χ4v) is 4.52. The van der Waals surface area contributed by atoms with E-state index in [-0.39, 0.29) is 12.0 Å². The molecule has 2 atom stereocenters. The number of benzene rings is 2. The first-order valence-corrected chi connectivity index (χ1v) is 13.4. The minimum Gasteiger partial charge on any atom is -0.481 e. The maximum absolute atomic E-state index is 12.6. The molecule has 0 saturated carbocycles. The van der Waals surface area contributed by atoms with Crippen molar-refractivity contribution in [2.75, 3.05) is 11.9 Å². The second-order valence-electron chi connectivity index (χ2n) is 10.2. The Balaban J connectivity index is 1.49. The highest BCUT2D eigenvalue weighted by Crippen LogP contribution is 2.25. The van der Waals surface area contributed by atoms with E-state index in [0.29, 0.717) is 22.0 Å². The zero-order chi connectivity index (χ0) is 28.6. The summed E-state index contributed by atoms with van der Waals surface area (Å²) >= 11 is 1.07. The first-order chi connectivity index (χ1) is 18.4. The van der Waals surface area contributed by atoms with Gasteiger partial charge in [-0.2, -0.15) is 0 Å². The van der Waals surface area contributed by atoms with Crippen molar-refractivity contribution in [3.05, 3.63) is 88.3 Å². The summed E-state index contributed by atoms with van der Waals surface area (Å²) in [6, 6.07) is 18.6. The zero-order valence-electron chi connectivity index (χ0n) is 22.4. The molecule has 1 unspecified atom stereocenters. The number of carboxylic acids is 1. The second kappa shape index (κ2) is 13.1. The fourth-order valence-electron chi connectivity index (χ4n) is 3.71. The van der Waals surface area contributed by atoms with Crippen molar-refractivity contribution in [2.24, 2.45) is 0 Å². The van der Waals surface area contributed by atoms with Crippen LogP contribution in [0.4, 0.5) is 9.80 Å². The van der Waals surface area contributed by atoms with Crippen molar-refractivity contribution in [2.45, 2.75) is 51.6 Å². The minimum atomic E-state index is -1.05. The summed E-state index contributed by atoms with van der Waals surface area (Å²) in [7, 11) is 0. The Morgan fingerprint density at radius 2 is 1.56 bits per heavy atom. The van der Waals surface area contributed by atoms with E-state index in [1.807, 2.05) is 42.5 Å². The van der Waals surface area contributed by atoms with Gasteiger partial charge in [0.15, 0.2) is 0 Å². The monoisotopic (exact) mass is 550 g/mol. The van der Waals surface area contributed by atoms with Gasteiger partial charge in [-0.15, -0.1) is 11.3 Å². The topological polar surface area (TPSA) is 137 Å². The number of aliphatic carboxylic acids is 1. The molecule has 206 valence electrons. The Morgan fingerprint density at radius 3 is 2.18 bits per heavy atom. The van der Waals surface area contributed by atoms with Gasteiger partial charge in [0.1, 0.15) is 6.04 Å². The molecule has 1 aromatic heterocycles. The summed E-state index contributed by atoms with van der Waals surface area (Å²) in [6.07, 6.45) is 0. The van der Waals surface area contributed by atoms with Crippen molar-refractivity contribution in [1.82, 2.24) is 16.0 Å². The molecule has 3 rings (SSSR count). The van der Waals surface area contributed by atoms with Crippen LogP contribution < -0.4 is 21.3 Å². The molecule has 0 aliphatic carbocycles. The van der Waals surface area contributed by atoms with Crippen LogP contribution in [0.25, 0.3) is 0 Å². The quantitative estimate of drug-likeness (QED) is 0.254. The molecule has 0 aliphatic rings. The lowest BCUT2D eigenvalue weighted by Crippen LogP contribution is -2.46. The molecule has 0 spiro atoms. The number of rotatable bonds is 10. The van der Waals surface area contributed by atoms with Crippen molar-refractivity contribution in [1.29, 1.82) is 0 Å². The van der Waals surface area contributed by atoms with E-state index < -0.39 is 35.8 Å². The van der Waals surface area contributed by atoms with Gasteiger partial charge < -0.3 is 21.1 Å². The Kier molecular flexibility index (Phi) is 9.84. The van der Waals surface area contributed by atoms with E-state index in [9.17, 15) is 24.3 Å². The predicted octanol–water partition coefficient (Wildman–Crippen LogP) is 4.47. The van der Waals surface area contributed by atoms with Crippen LogP contribution in [0.15, 0.2) is 66.7 Å². The molecule has 10 heteroatoms. The maximum Gasteiger partial charge on any atom is 0.320 e. The van der Waals surface area contributed by atoms with Gasteiger partial charge in [0.05, 0.1) is 15.8 Å². The third-order valence-corrected chi connectivity index (χ3v) is 7.06. The van der Waals surface area contributed by atoms with Crippen LogP contribution in [0.5, 0.6) is 0 Å². The first-order valence-electron chi connectivity index (χ1n) is 12.5. The average Bonchev–Trinajstić information content (AvgIpc) is 3.36. The summed E-state index contributed by atoms with van der Waals surface area (Å²) in [5.74, 6) is -2.96. The lowest BCUT2D eigenvalue weighted by atomic mass is 9.85. The molecule has 0 bridgehead atoms. The van der Waals surface area contributed by atoms with Crippen LogP contribution in [0.1, 0.15) is 60.0 Å². The Morgan fingerprint density at radius 1 is 0.897 bits per heavy atom. The third-order valence-electron chi connectivity index (χ3n) is 6.06. The maximum atomic E-state index is 12.6. The van der Waals surface area contributed by atoms with Gasteiger partial charge in [-0.05, 0) is 41.2 Å². The van der Waals surface area contributed by atoms with E-state index in [1.165, 1.54) is 6.92 Å². The standard InChI is InChI=1S/C29H34N4O5S/c1-18(25(34)30-17-22(27(36)37)20-10-12-21(13-11-20)29(2,3)4)32-26(35)23-14-15-24(39-23)33-28(38)31-16-19-8-6-5-7-9-19/h5-15,18,22H,16-17H2,1-4H3,(H,30,34)(H,32,35)(H,36,37)(H2,31,33,38)/t18-,22?/m0/s1. The highest BCUT2D eigenvalue weighted by atomic mass is 32.1. The number of amides is 4. The molecule has 3 aromatic rings. The number of urea groups is 1. The highest BCUT2D eigenvalue weighted by molar-refractivity contribution is 7.18. The number of thiophene rings is 1. The number of anilines is 1. The highest BCUT2D eigenvalue weighted by Gasteiger charge is 2.24. The molecule has 0 fully saturated rings. The van der Waals surface area contributed by atoms with Crippen molar-refractivity contribution >= 4 is 40.2 Å². The van der Waals surface area contributed by atoms with E-state index in [2.05, 4.69) is 42.0 Å². The van der Waals surface area contributed by atoms with Crippen LogP contribution >= 0.6 is 11.3 Å². The lowest BCUT2D eigenvalue weighted by molar-refractivity contribution is -0.138. The predicted molar refractivity (Wildman–Crippen MR) is 152 cm³/mol. The molecule has 1 heterocycles. The van der Waals surface area contributed by atoms with Crippen molar-refractivity contribution in [3.8, 4) is 0 Å². The van der Waals surface area contributed by atoms with E-state index in [0.717, 1.165) is 22.5 Å².